The first-order valence-electron chi connectivity index (χ1n) is 9.80. The molecule has 0 unspecified atom stereocenters. The summed E-state index contributed by atoms with van der Waals surface area (Å²) in [5.74, 6) is 0.856. The van der Waals surface area contributed by atoms with Crippen LogP contribution in [0.4, 0.5) is 0 Å². The summed E-state index contributed by atoms with van der Waals surface area (Å²) in [7, 11) is 0. The van der Waals surface area contributed by atoms with Crippen LogP contribution in [0.25, 0.3) is 11.1 Å². The third-order valence-electron chi connectivity index (χ3n) is 5.51. The van der Waals surface area contributed by atoms with E-state index in [-0.39, 0.29) is 0 Å². The summed E-state index contributed by atoms with van der Waals surface area (Å²) in [6.45, 7) is 9.86. The van der Waals surface area contributed by atoms with Gasteiger partial charge in [-0.25, -0.2) is 0 Å². The average molecular weight is 367 g/mol. The van der Waals surface area contributed by atoms with Gasteiger partial charge >= 0.3 is 0 Å². The van der Waals surface area contributed by atoms with Crippen LogP contribution in [0.3, 0.4) is 0 Å². The number of ether oxygens (including phenoxy) is 2. The van der Waals surface area contributed by atoms with Gasteiger partial charge in [0.25, 0.3) is 0 Å². The Labute approximate surface area is 162 Å². The smallest absolute Gasteiger partial charge is 0.147 e. The van der Waals surface area contributed by atoms with E-state index in [9.17, 15) is 4.79 Å². The van der Waals surface area contributed by atoms with Crippen LogP contribution in [-0.2, 0) is 32.9 Å². The molecule has 1 aliphatic heterocycles. The summed E-state index contributed by atoms with van der Waals surface area (Å²) in [5, 5.41) is 0. The van der Waals surface area contributed by atoms with Crippen molar-refractivity contribution in [3.8, 4) is 11.1 Å². The van der Waals surface area contributed by atoms with E-state index in [0.717, 1.165) is 17.5 Å². The van der Waals surface area contributed by atoms with Crippen LogP contribution in [0.5, 0.6) is 0 Å². The molecule has 1 aliphatic rings. The molecule has 2 aromatic carbocycles. The zero-order valence-corrected chi connectivity index (χ0v) is 16.9. The maximum absolute atomic E-state index is 12.7. The predicted octanol–water partition coefficient (Wildman–Crippen LogP) is 5.64. The van der Waals surface area contributed by atoms with Crippen molar-refractivity contribution >= 4 is 5.78 Å². The van der Waals surface area contributed by atoms with E-state index in [0.29, 0.717) is 38.1 Å². The Morgan fingerprint density at radius 2 is 1.74 bits per heavy atom. The molecule has 2 aromatic rings. The molecule has 0 spiro atoms. The maximum Gasteiger partial charge on any atom is 0.147 e. The lowest BCUT2D eigenvalue weighted by molar-refractivity contribution is -0.123. The number of hydrogen-bond acceptors (Lipinski definition) is 3. The Balaban J connectivity index is 1.85. The predicted molar refractivity (Wildman–Crippen MR) is 108 cm³/mol. The highest BCUT2D eigenvalue weighted by atomic mass is 16.7. The third-order valence-corrected chi connectivity index (χ3v) is 5.51. The van der Waals surface area contributed by atoms with Gasteiger partial charge in [-0.15, -0.1) is 0 Å². The van der Waals surface area contributed by atoms with Crippen LogP contribution >= 0.6 is 0 Å². The minimum absolute atomic E-state index is 0.308. The van der Waals surface area contributed by atoms with Crippen LogP contribution < -0.4 is 0 Å². The minimum Gasteiger partial charge on any atom is -0.351 e. The molecule has 0 radical (unpaired) electrons. The van der Waals surface area contributed by atoms with E-state index < -0.39 is 5.41 Å². The van der Waals surface area contributed by atoms with Crippen molar-refractivity contribution in [3.05, 3.63) is 59.2 Å². The van der Waals surface area contributed by atoms with Crippen molar-refractivity contribution < 1.29 is 14.3 Å². The van der Waals surface area contributed by atoms with Crippen LogP contribution in [0.1, 0.15) is 57.2 Å². The van der Waals surface area contributed by atoms with Gasteiger partial charge in [0.15, 0.2) is 0 Å². The number of hydrogen-bond donors (Lipinski definition) is 0. The number of rotatable bonds is 6. The monoisotopic (exact) mass is 366 g/mol. The number of carbonyl (C=O) groups excluding carboxylic acids is 1. The lowest BCUT2D eigenvalue weighted by Crippen LogP contribution is -2.29. The fraction of sp³-hybridized carbons (Fsp3) is 0.458. The average Bonchev–Trinajstić information content (AvgIpc) is 2.91. The second-order valence-corrected chi connectivity index (χ2v) is 8.32. The molecule has 0 atom stereocenters. The Morgan fingerprint density at radius 1 is 1.04 bits per heavy atom. The molecule has 0 saturated carbocycles. The SMILES string of the molecule is CC(C)CCC(=O)C(C)(C)c1ccc(-c2cccc3c2COCOC3)cc1. The Morgan fingerprint density at radius 3 is 2.44 bits per heavy atom. The van der Waals surface area contributed by atoms with Gasteiger partial charge in [0.1, 0.15) is 12.6 Å². The van der Waals surface area contributed by atoms with Crippen molar-refractivity contribution in [2.24, 2.45) is 5.92 Å². The zero-order valence-electron chi connectivity index (χ0n) is 16.9. The second-order valence-electron chi connectivity index (χ2n) is 8.32. The van der Waals surface area contributed by atoms with E-state index in [1.54, 1.807) is 0 Å². The van der Waals surface area contributed by atoms with Crippen LogP contribution in [0.2, 0.25) is 0 Å². The maximum atomic E-state index is 12.7. The van der Waals surface area contributed by atoms with Gasteiger partial charge in [0.05, 0.1) is 13.2 Å². The summed E-state index contributed by atoms with van der Waals surface area (Å²) in [4.78, 5) is 12.7. The van der Waals surface area contributed by atoms with E-state index >= 15 is 0 Å². The van der Waals surface area contributed by atoms with Crippen molar-refractivity contribution in [1.29, 1.82) is 0 Å². The van der Waals surface area contributed by atoms with Gasteiger partial charge in [0, 0.05) is 11.8 Å². The van der Waals surface area contributed by atoms with Gasteiger partial charge in [-0.2, -0.15) is 0 Å². The molecule has 3 nitrogen and oxygen atoms in total. The van der Waals surface area contributed by atoms with Crippen molar-refractivity contribution in [1.82, 2.24) is 0 Å². The topological polar surface area (TPSA) is 35.5 Å². The first kappa shape index (κ1) is 19.8. The minimum atomic E-state index is -0.460. The molecule has 3 rings (SSSR count). The standard InChI is InChI=1S/C24H30O3/c1-17(2)8-13-23(25)24(3,4)20-11-9-18(10-12-20)21-7-5-6-19-14-26-16-27-15-22(19)21/h5-7,9-12,17H,8,13-16H2,1-4H3. The number of fused-ring (bicyclic) bond motifs is 1. The van der Waals surface area contributed by atoms with Gasteiger partial charge < -0.3 is 9.47 Å². The van der Waals surface area contributed by atoms with E-state index in [2.05, 4.69) is 56.3 Å². The largest absolute Gasteiger partial charge is 0.351 e. The third kappa shape index (κ3) is 4.48. The first-order chi connectivity index (χ1) is 12.9. The van der Waals surface area contributed by atoms with Gasteiger partial charge in [-0.3, -0.25) is 4.79 Å². The number of carbonyl (C=O) groups is 1. The van der Waals surface area contributed by atoms with Crippen molar-refractivity contribution in [3.63, 3.8) is 0 Å². The van der Waals surface area contributed by atoms with E-state index in [4.69, 9.17) is 9.47 Å². The fourth-order valence-corrected chi connectivity index (χ4v) is 3.52. The number of ketones is 1. The van der Waals surface area contributed by atoms with Crippen molar-refractivity contribution in [2.45, 2.75) is 59.2 Å². The fourth-order valence-electron chi connectivity index (χ4n) is 3.52. The molecule has 1 heterocycles. The summed E-state index contributed by atoms with van der Waals surface area (Å²) < 4.78 is 11.1. The Hall–Kier alpha value is -1.97. The molecular formula is C24H30O3. The van der Waals surface area contributed by atoms with Crippen molar-refractivity contribution in [2.75, 3.05) is 6.79 Å². The molecule has 3 heteroatoms. The highest BCUT2D eigenvalue weighted by molar-refractivity contribution is 5.89. The molecule has 0 aliphatic carbocycles. The molecule has 0 N–H and O–H groups in total. The highest BCUT2D eigenvalue weighted by Crippen LogP contribution is 2.32. The molecule has 0 aromatic heterocycles. The summed E-state index contributed by atoms with van der Waals surface area (Å²) in [6.07, 6.45) is 1.58. The number of benzene rings is 2. The molecule has 144 valence electrons. The molecule has 0 fully saturated rings. The lowest BCUT2D eigenvalue weighted by Gasteiger charge is -2.24. The second kappa shape index (κ2) is 8.37. The van der Waals surface area contributed by atoms with Crippen LogP contribution in [0.15, 0.2) is 42.5 Å². The van der Waals surface area contributed by atoms with Gasteiger partial charge in [-0.1, -0.05) is 56.3 Å². The van der Waals surface area contributed by atoms with Crippen LogP contribution in [-0.4, -0.2) is 12.6 Å². The summed E-state index contributed by atoms with van der Waals surface area (Å²) >= 11 is 0. The van der Waals surface area contributed by atoms with Gasteiger partial charge in [0.2, 0.25) is 0 Å². The molecule has 0 amide bonds. The lowest BCUT2D eigenvalue weighted by atomic mass is 9.78. The highest BCUT2D eigenvalue weighted by Gasteiger charge is 2.29. The summed E-state index contributed by atoms with van der Waals surface area (Å²) in [6, 6.07) is 14.7. The molecule has 0 saturated heterocycles. The zero-order chi connectivity index (χ0) is 19.4. The van der Waals surface area contributed by atoms with E-state index in [1.807, 2.05) is 13.8 Å². The molecular weight excluding hydrogens is 336 g/mol. The molecule has 0 bridgehead atoms. The van der Waals surface area contributed by atoms with E-state index in [1.165, 1.54) is 16.7 Å². The normalized spacial score (nSPS) is 14.7. The molecule has 27 heavy (non-hydrogen) atoms. The first-order valence-corrected chi connectivity index (χ1v) is 9.80. The number of Topliss-reactive ketones (excluding diaryl/α,β-unsaturated/α-hetero) is 1. The Kier molecular flexibility index (Phi) is 6.13. The Bertz CT molecular complexity index is 788. The quantitative estimate of drug-likeness (QED) is 0.663. The summed E-state index contributed by atoms with van der Waals surface area (Å²) in [5.41, 5.74) is 5.30. The van der Waals surface area contributed by atoms with Crippen LogP contribution in [0, 0.1) is 5.92 Å². The van der Waals surface area contributed by atoms with Gasteiger partial charge in [-0.05, 0) is 54.0 Å².